The molecular weight excluding hydrogens is 226 g/mol. The lowest BCUT2D eigenvalue weighted by molar-refractivity contribution is -0.383. The van der Waals surface area contributed by atoms with Crippen LogP contribution in [-0.4, -0.2) is 4.92 Å². The van der Waals surface area contributed by atoms with Gasteiger partial charge in [-0.1, -0.05) is 0 Å². The zero-order valence-electron chi connectivity index (χ0n) is 8.21. The predicted octanol–water partition coefficient (Wildman–Crippen LogP) is 2.49. The summed E-state index contributed by atoms with van der Waals surface area (Å²) in [5.74, 6) is 0. The summed E-state index contributed by atoms with van der Waals surface area (Å²) in [7, 11) is 0. The van der Waals surface area contributed by atoms with Gasteiger partial charge in [-0.25, -0.2) is 0 Å². The molecule has 0 amide bonds. The molecule has 5 nitrogen and oxygen atoms in total. The van der Waals surface area contributed by atoms with Crippen LogP contribution in [0.5, 0.6) is 0 Å². The topological polar surface area (TPSA) is 95.2 Å². The number of nitrogen functional groups attached to an aromatic ring is 2. The highest BCUT2D eigenvalue weighted by Gasteiger charge is 2.17. The molecule has 4 N–H and O–H groups in total. The van der Waals surface area contributed by atoms with Gasteiger partial charge in [-0.05, 0) is 23.6 Å². The minimum absolute atomic E-state index is 0.0787. The first-order valence-electron chi connectivity index (χ1n) is 4.46. The standard InChI is InChI=1S/C10H9N3O2S/c11-7-3-6(4-8(12)5-7)10-9(13(14)15)1-2-16-10/h1-5H,11-12H2. The molecule has 0 aliphatic carbocycles. The van der Waals surface area contributed by atoms with Gasteiger partial charge in [-0.2, -0.15) is 0 Å². The Balaban J connectivity index is 2.58. The van der Waals surface area contributed by atoms with Crippen LogP contribution in [0.4, 0.5) is 17.1 Å². The van der Waals surface area contributed by atoms with E-state index in [-0.39, 0.29) is 5.69 Å². The van der Waals surface area contributed by atoms with Crippen LogP contribution < -0.4 is 11.5 Å². The predicted molar refractivity (Wildman–Crippen MR) is 65.2 cm³/mol. The van der Waals surface area contributed by atoms with Gasteiger partial charge in [0.25, 0.3) is 5.69 Å². The van der Waals surface area contributed by atoms with Crippen molar-refractivity contribution in [2.75, 3.05) is 11.5 Å². The summed E-state index contributed by atoms with van der Waals surface area (Å²) in [6.07, 6.45) is 0. The highest BCUT2D eigenvalue weighted by atomic mass is 32.1. The maximum Gasteiger partial charge on any atom is 0.287 e. The maximum atomic E-state index is 10.8. The van der Waals surface area contributed by atoms with E-state index in [2.05, 4.69) is 0 Å². The number of nitrogens with two attached hydrogens (primary N) is 2. The van der Waals surface area contributed by atoms with Crippen molar-refractivity contribution in [2.45, 2.75) is 0 Å². The van der Waals surface area contributed by atoms with Crippen molar-refractivity contribution in [1.29, 1.82) is 0 Å². The van der Waals surface area contributed by atoms with E-state index in [1.54, 1.807) is 23.6 Å². The summed E-state index contributed by atoms with van der Waals surface area (Å²) in [6.45, 7) is 0. The van der Waals surface area contributed by atoms with Gasteiger partial charge in [0.15, 0.2) is 0 Å². The summed E-state index contributed by atoms with van der Waals surface area (Å²) in [6, 6.07) is 6.44. The van der Waals surface area contributed by atoms with Gasteiger partial charge in [0.1, 0.15) is 4.88 Å². The van der Waals surface area contributed by atoms with Crippen molar-refractivity contribution in [1.82, 2.24) is 0 Å². The molecule has 0 unspecified atom stereocenters. The Morgan fingerprint density at radius 1 is 1.19 bits per heavy atom. The van der Waals surface area contributed by atoms with Crippen molar-refractivity contribution in [3.05, 3.63) is 39.8 Å². The fourth-order valence-corrected chi connectivity index (χ4v) is 2.32. The smallest absolute Gasteiger partial charge is 0.287 e. The van der Waals surface area contributed by atoms with E-state index in [1.165, 1.54) is 17.4 Å². The molecule has 1 aromatic carbocycles. The molecule has 0 atom stereocenters. The number of benzene rings is 1. The third kappa shape index (κ3) is 1.82. The lowest BCUT2D eigenvalue weighted by atomic mass is 10.1. The zero-order valence-corrected chi connectivity index (χ0v) is 9.03. The molecule has 0 radical (unpaired) electrons. The maximum absolute atomic E-state index is 10.8. The Kier molecular flexibility index (Phi) is 2.49. The molecule has 0 aliphatic rings. The SMILES string of the molecule is Nc1cc(N)cc(-c2sccc2[N+](=O)[O-])c1. The van der Waals surface area contributed by atoms with Crippen molar-refractivity contribution in [2.24, 2.45) is 0 Å². The van der Waals surface area contributed by atoms with Crippen LogP contribution in [0.3, 0.4) is 0 Å². The largest absolute Gasteiger partial charge is 0.399 e. The summed E-state index contributed by atoms with van der Waals surface area (Å²) >= 11 is 1.30. The first-order chi connectivity index (χ1) is 7.58. The average molecular weight is 235 g/mol. The fraction of sp³-hybridized carbons (Fsp3) is 0. The van der Waals surface area contributed by atoms with Crippen LogP contribution >= 0.6 is 11.3 Å². The molecule has 16 heavy (non-hydrogen) atoms. The Bertz CT molecular complexity index is 530. The molecule has 6 heteroatoms. The second-order valence-corrected chi connectivity index (χ2v) is 4.20. The lowest BCUT2D eigenvalue weighted by Crippen LogP contribution is -1.92. The summed E-state index contributed by atoms with van der Waals surface area (Å²) in [4.78, 5) is 10.9. The second kappa shape index (κ2) is 3.82. The minimum atomic E-state index is -0.411. The third-order valence-corrected chi connectivity index (χ3v) is 3.03. The fourth-order valence-electron chi connectivity index (χ4n) is 1.47. The van der Waals surface area contributed by atoms with Crippen LogP contribution in [-0.2, 0) is 0 Å². The van der Waals surface area contributed by atoms with Crippen LogP contribution in [0.25, 0.3) is 10.4 Å². The Morgan fingerprint density at radius 3 is 2.38 bits per heavy atom. The summed E-state index contributed by atoms with van der Waals surface area (Å²) < 4.78 is 0. The quantitative estimate of drug-likeness (QED) is 0.475. The molecule has 2 aromatic rings. The number of nitro groups is 1. The average Bonchev–Trinajstić information content (AvgIpc) is 2.63. The third-order valence-electron chi connectivity index (χ3n) is 2.08. The van der Waals surface area contributed by atoms with E-state index >= 15 is 0 Å². The number of nitrogens with zero attached hydrogens (tertiary/aromatic N) is 1. The second-order valence-electron chi connectivity index (χ2n) is 3.28. The molecule has 0 aliphatic heterocycles. The van der Waals surface area contributed by atoms with Crippen molar-refractivity contribution >= 4 is 28.4 Å². The Labute approximate surface area is 95.5 Å². The Hall–Kier alpha value is -2.08. The van der Waals surface area contributed by atoms with Gasteiger partial charge in [0, 0.05) is 23.0 Å². The number of thiophene rings is 1. The molecule has 1 aromatic heterocycles. The monoisotopic (exact) mass is 235 g/mol. The molecule has 82 valence electrons. The van der Waals surface area contributed by atoms with Crippen LogP contribution in [0.1, 0.15) is 0 Å². The van der Waals surface area contributed by atoms with Crippen LogP contribution in [0, 0.1) is 10.1 Å². The van der Waals surface area contributed by atoms with E-state index in [0.29, 0.717) is 21.8 Å². The van der Waals surface area contributed by atoms with Gasteiger partial charge in [0.2, 0.25) is 0 Å². The van der Waals surface area contributed by atoms with Gasteiger partial charge >= 0.3 is 0 Å². The van der Waals surface area contributed by atoms with E-state index in [0.717, 1.165) is 0 Å². The molecule has 0 saturated carbocycles. The summed E-state index contributed by atoms with van der Waals surface area (Å²) in [5, 5.41) is 12.4. The first kappa shape index (κ1) is 10.4. The van der Waals surface area contributed by atoms with Crippen molar-refractivity contribution in [3.8, 4) is 10.4 Å². The first-order valence-corrected chi connectivity index (χ1v) is 5.34. The normalized spacial score (nSPS) is 10.2. The van der Waals surface area contributed by atoms with Crippen molar-refractivity contribution in [3.63, 3.8) is 0 Å². The van der Waals surface area contributed by atoms with Gasteiger partial charge in [0.05, 0.1) is 4.92 Å². The zero-order chi connectivity index (χ0) is 11.7. The van der Waals surface area contributed by atoms with E-state index < -0.39 is 4.92 Å². The van der Waals surface area contributed by atoms with Gasteiger partial charge in [-0.3, -0.25) is 10.1 Å². The lowest BCUT2D eigenvalue weighted by Gasteiger charge is -2.02. The van der Waals surface area contributed by atoms with E-state index in [1.807, 2.05) is 0 Å². The van der Waals surface area contributed by atoms with Gasteiger partial charge in [-0.15, -0.1) is 11.3 Å². The number of anilines is 2. The molecule has 0 spiro atoms. The number of rotatable bonds is 2. The molecule has 0 bridgehead atoms. The van der Waals surface area contributed by atoms with E-state index in [4.69, 9.17) is 11.5 Å². The molecule has 0 saturated heterocycles. The van der Waals surface area contributed by atoms with Gasteiger partial charge < -0.3 is 11.5 Å². The van der Waals surface area contributed by atoms with Crippen LogP contribution in [0.2, 0.25) is 0 Å². The Morgan fingerprint density at radius 2 is 1.81 bits per heavy atom. The van der Waals surface area contributed by atoms with Crippen LogP contribution in [0.15, 0.2) is 29.6 Å². The summed E-state index contributed by atoms with van der Waals surface area (Å²) in [5.41, 5.74) is 13.0. The molecule has 0 fully saturated rings. The minimum Gasteiger partial charge on any atom is -0.399 e. The highest BCUT2D eigenvalue weighted by molar-refractivity contribution is 7.14. The molecule has 2 rings (SSSR count). The van der Waals surface area contributed by atoms with Crippen molar-refractivity contribution < 1.29 is 4.92 Å². The number of hydrogen-bond acceptors (Lipinski definition) is 5. The van der Waals surface area contributed by atoms with E-state index in [9.17, 15) is 10.1 Å². The molecule has 1 heterocycles. The molecular formula is C10H9N3O2S. The number of hydrogen-bond donors (Lipinski definition) is 2. The highest BCUT2D eigenvalue weighted by Crippen LogP contribution is 2.36.